The number of hydrogen-bond donors (Lipinski definition) is 0. The zero-order valence-corrected chi connectivity index (χ0v) is 13.5. The molecule has 1 amide bonds. The number of carbonyl (C=O) groups is 1. The first-order valence-corrected chi connectivity index (χ1v) is 8.40. The van der Waals surface area contributed by atoms with E-state index in [0.29, 0.717) is 22.2 Å². The van der Waals surface area contributed by atoms with Crippen molar-refractivity contribution in [3.8, 4) is 0 Å². The van der Waals surface area contributed by atoms with Gasteiger partial charge in [0, 0.05) is 22.2 Å². The second-order valence-corrected chi connectivity index (χ2v) is 6.66. The number of amides is 1. The molecule has 1 aliphatic heterocycles. The van der Waals surface area contributed by atoms with Gasteiger partial charge in [-0.05, 0) is 55.7 Å². The van der Waals surface area contributed by atoms with Crippen molar-refractivity contribution in [1.29, 1.82) is 0 Å². The van der Waals surface area contributed by atoms with Crippen molar-refractivity contribution >= 4 is 23.4 Å². The maximum absolute atomic E-state index is 12.9. The molecule has 2 aromatic carbocycles. The number of halogens is 2. The SMILES string of the molecule is CC1CCc2ccccc2N1C(=O)c1ccc(SC(F)F)cc1. The second-order valence-electron chi connectivity index (χ2n) is 5.59. The van der Waals surface area contributed by atoms with E-state index in [1.807, 2.05) is 36.1 Å². The van der Waals surface area contributed by atoms with E-state index in [1.54, 1.807) is 24.3 Å². The first kappa shape index (κ1) is 16.0. The Kier molecular flexibility index (Phi) is 4.66. The summed E-state index contributed by atoms with van der Waals surface area (Å²) in [6.45, 7) is 2.04. The number of aryl methyl sites for hydroxylation is 1. The van der Waals surface area contributed by atoms with E-state index in [-0.39, 0.29) is 11.9 Å². The summed E-state index contributed by atoms with van der Waals surface area (Å²) in [5, 5.41) is 0. The van der Waals surface area contributed by atoms with Gasteiger partial charge < -0.3 is 4.90 Å². The Hall–Kier alpha value is -1.88. The van der Waals surface area contributed by atoms with Gasteiger partial charge in [0.05, 0.1) is 0 Å². The smallest absolute Gasteiger partial charge is 0.288 e. The van der Waals surface area contributed by atoms with E-state index < -0.39 is 5.76 Å². The molecule has 3 rings (SSSR count). The number of rotatable bonds is 3. The van der Waals surface area contributed by atoms with Gasteiger partial charge in [-0.15, -0.1) is 0 Å². The predicted octanol–water partition coefficient (Wildman–Crippen LogP) is 4.98. The predicted molar refractivity (Wildman–Crippen MR) is 89.3 cm³/mol. The highest BCUT2D eigenvalue weighted by molar-refractivity contribution is 7.99. The van der Waals surface area contributed by atoms with Gasteiger partial charge in [0.1, 0.15) is 0 Å². The molecule has 0 spiro atoms. The quantitative estimate of drug-likeness (QED) is 0.738. The summed E-state index contributed by atoms with van der Waals surface area (Å²) in [7, 11) is 0. The summed E-state index contributed by atoms with van der Waals surface area (Å²) < 4.78 is 24.7. The van der Waals surface area contributed by atoms with Crippen LogP contribution < -0.4 is 4.90 Å². The van der Waals surface area contributed by atoms with Crippen LogP contribution in [0.1, 0.15) is 29.3 Å². The molecule has 2 nitrogen and oxygen atoms in total. The molecule has 1 aliphatic rings. The van der Waals surface area contributed by atoms with Gasteiger partial charge in [0.15, 0.2) is 0 Å². The maximum atomic E-state index is 12.9. The highest BCUT2D eigenvalue weighted by Crippen LogP contribution is 2.32. The topological polar surface area (TPSA) is 20.3 Å². The third-order valence-electron chi connectivity index (χ3n) is 4.07. The normalized spacial score (nSPS) is 17.2. The number of para-hydroxylation sites is 1. The molecule has 0 saturated heterocycles. The summed E-state index contributed by atoms with van der Waals surface area (Å²) >= 11 is 0.485. The van der Waals surface area contributed by atoms with E-state index in [0.717, 1.165) is 18.5 Å². The first-order chi connectivity index (χ1) is 11.1. The highest BCUT2D eigenvalue weighted by atomic mass is 32.2. The standard InChI is InChI=1S/C18H17F2NOS/c1-12-6-7-13-4-2-3-5-16(13)21(12)17(22)14-8-10-15(11-9-14)23-18(19)20/h2-5,8-12,18H,6-7H2,1H3. The molecule has 120 valence electrons. The zero-order chi connectivity index (χ0) is 16.4. The van der Waals surface area contributed by atoms with Crippen molar-refractivity contribution < 1.29 is 13.6 Å². The van der Waals surface area contributed by atoms with E-state index in [9.17, 15) is 13.6 Å². The summed E-state index contributed by atoms with van der Waals surface area (Å²) in [5.74, 6) is -2.54. The van der Waals surface area contributed by atoms with Crippen LogP contribution >= 0.6 is 11.8 Å². The Labute approximate surface area is 138 Å². The molecule has 0 radical (unpaired) electrons. The van der Waals surface area contributed by atoms with Gasteiger partial charge in [-0.2, -0.15) is 8.78 Å². The van der Waals surface area contributed by atoms with Crippen LogP contribution in [0.4, 0.5) is 14.5 Å². The Morgan fingerprint density at radius 3 is 2.57 bits per heavy atom. The fourth-order valence-electron chi connectivity index (χ4n) is 2.92. The lowest BCUT2D eigenvalue weighted by Gasteiger charge is -2.35. The summed E-state index contributed by atoms with van der Waals surface area (Å²) in [6.07, 6.45) is 1.88. The molecule has 0 aliphatic carbocycles. The lowest BCUT2D eigenvalue weighted by molar-refractivity contribution is 0.0975. The van der Waals surface area contributed by atoms with E-state index >= 15 is 0 Å². The molecule has 23 heavy (non-hydrogen) atoms. The molecule has 0 aromatic heterocycles. The monoisotopic (exact) mass is 333 g/mol. The van der Waals surface area contributed by atoms with Gasteiger partial charge in [0.25, 0.3) is 11.7 Å². The fraction of sp³-hybridized carbons (Fsp3) is 0.278. The van der Waals surface area contributed by atoms with E-state index in [4.69, 9.17) is 0 Å². The Morgan fingerprint density at radius 2 is 1.87 bits per heavy atom. The van der Waals surface area contributed by atoms with Gasteiger partial charge in [-0.1, -0.05) is 30.0 Å². The van der Waals surface area contributed by atoms with Crippen molar-refractivity contribution in [2.24, 2.45) is 0 Å². The molecule has 0 N–H and O–H groups in total. The van der Waals surface area contributed by atoms with Crippen molar-refractivity contribution in [3.05, 3.63) is 59.7 Å². The van der Waals surface area contributed by atoms with Crippen LogP contribution in [0.2, 0.25) is 0 Å². The molecule has 2 aromatic rings. The minimum absolute atomic E-state index is 0.0850. The number of benzene rings is 2. The van der Waals surface area contributed by atoms with Crippen molar-refractivity contribution in [2.75, 3.05) is 4.90 Å². The number of anilines is 1. The van der Waals surface area contributed by atoms with Gasteiger partial charge in [-0.25, -0.2) is 0 Å². The van der Waals surface area contributed by atoms with Crippen LogP contribution in [-0.2, 0) is 6.42 Å². The second kappa shape index (κ2) is 6.71. The summed E-state index contributed by atoms with van der Waals surface area (Å²) in [5.41, 5.74) is 2.64. The molecule has 1 unspecified atom stereocenters. The maximum Gasteiger partial charge on any atom is 0.288 e. The third kappa shape index (κ3) is 3.39. The van der Waals surface area contributed by atoms with Crippen molar-refractivity contribution in [2.45, 2.75) is 36.5 Å². The molecule has 0 saturated carbocycles. The van der Waals surface area contributed by atoms with Crippen LogP contribution in [0, 0.1) is 0 Å². The van der Waals surface area contributed by atoms with Crippen molar-refractivity contribution in [1.82, 2.24) is 0 Å². The average Bonchev–Trinajstić information content (AvgIpc) is 2.54. The average molecular weight is 333 g/mol. The minimum Gasteiger partial charge on any atom is -0.305 e. The molecular weight excluding hydrogens is 316 g/mol. The van der Waals surface area contributed by atoms with Gasteiger partial charge >= 0.3 is 0 Å². The lowest BCUT2D eigenvalue weighted by atomic mass is 9.96. The van der Waals surface area contributed by atoms with Crippen LogP contribution in [0.25, 0.3) is 0 Å². The molecule has 1 atom stereocenters. The molecule has 1 heterocycles. The zero-order valence-electron chi connectivity index (χ0n) is 12.7. The highest BCUT2D eigenvalue weighted by Gasteiger charge is 2.28. The number of carbonyl (C=O) groups excluding carboxylic acids is 1. The number of hydrogen-bond acceptors (Lipinski definition) is 2. The van der Waals surface area contributed by atoms with Crippen LogP contribution in [0.3, 0.4) is 0 Å². The molecule has 0 fully saturated rings. The van der Waals surface area contributed by atoms with Gasteiger partial charge in [0.2, 0.25) is 0 Å². The Balaban J connectivity index is 1.88. The van der Waals surface area contributed by atoms with Crippen LogP contribution in [0.5, 0.6) is 0 Å². The number of alkyl halides is 2. The van der Waals surface area contributed by atoms with Gasteiger partial charge in [-0.3, -0.25) is 4.79 Å². The molecule has 5 heteroatoms. The number of fused-ring (bicyclic) bond motifs is 1. The molecule has 0 bridgehead atoms. The van der Waals surface area contributed by atoms with E-state index in [1.165, 1.54) is 5.56 Å². The Bertz CT molecular complexity index is 702. The number of thioether (sulfide) groups is 1. The molecular formula is C18H17F2NOS. The van der Waals surface area contributed by atoms with Crippen LogP contribution in [-0.4, -0.2) is 17.7 Å². The largest absolute Gasteiger partial charge is 0.305 e. The lowest BCUT2D eigenvalue weighted by Crippen LogP contribution is -2.42. The third-order valence-corrected chi connectivity index (χ3v) is 4.79. The fourth-order valence-corrected chi connectivity index (χ4v) is 3.41. The number of nitrogens with zero attached hydrogens (tertiary/aromatic N) is 1. The van der Waals surface area contributed by atoms with E-state index in [2.05, 4.69) is 0 Å². The summed E-state index contributed by atoms with van der Waals surface area (Å²) in [6, 6.07) is 14.4. The van der Waals surface area contributed by atoms with Crippen molar-refractivity contribution in [3.63, 3.8) is 0 Å². The first-order valence-electron chi connectivity index (χ1n) is 7.52. The Morgan fingerprint density at radius 1 is 1.17 bits per heavy atom. The van der Waals surface area contributed by atoms with Crippen LogP contribution in [0.15, 0.2) is 53.4 Å². The summed E-state index contributed by atoms with van der Waals surface area (Å²) in [4.78, 5) is 15.2. The minimum atomic E-state index is -2.45.